The molecule has 1 aliphatic rings. The van der Waals surface area contributed by atoms with Crippen molar-refractivity contribution < 1.29 is 24.2 Å². The number of thioether (sulfide) groups is 1. The van der Waals surface area contributed by atoms with Gasteiger partial charge in [-0.1, -0.05) is 62.4 Å². The Morgan fingerprint density at radius 1 is 1.03 bits per heavy atom. The van der Waals surface area contributed by atoms with Gasteiger partial charge in [-0.05, 0) is 53.5 Å². The molecule has 0 aliphatic heterocycles. The minimum atomic E-state index is -1.25. The minimum absolute atomic E-state index is 0.0902. The van der Waals surface area contributed by atoms with Gasteiger partial charge in [0.15, 0.2) is 0 Å². The molecular weight excluding hydrogens is 452 g/mol. The lowest BCUT2D eigenvalue weighted by molar-refractivity contribution is -0.143. The summed E-state index contributed by atoms with van der Waals surface area (Å²) < 4.78 is 5.62. The molecule has 0 unspecified atom stereocenters. The Hall–Kier alpha value is -3.00. The van der Waals surface area contributed by atoms with Crippen LogP contribution in [-0.4, -0.2) is 53.3 Å². The molecule has 0 bridgehead atoms. The first kappa shape index (κ1) is 25.6. The maximum Gasteiger partial charge on any atom is 0.408 e. The van der Waals surface area contributed by atoms with Gasteiger partial charge in [0.05, 0.1) is 0 Å². The third-order valence-electron chi connectivity index (χ3n) is 6.54. The molecular formula is C26H32N2O5S. The standard InChI is InChI=1S/C26H32N2O5S/c1-4-26(5-2,24(31)27-22(23(29)30)14-15-34-3)28-25(32)33-16-21-19-12-8-6-10-17(19)18-11-7-9-13-20(18)21/h6-13,21-22H,4-5,14-16H2,1-3H3,(H,27,31)(H,28,32)(H,29,30)/t22-/m0/s1. The van der Waals surface area contributed by atoms with Crippen LogP contribution in [0.1, 0.15) is 50.2 Å². The van der Waals surface area contributed by atoms with Gasteiger partial charge in [0.2, 0.25) is 5.91 Å². The van der Waals surface area contributed by atoms with Gasteiger partial charge in [0, 0.05) is 5.92 Å². The van der Waals surface area contributed by atoms with Crippen molar-refractivity contribution in [2.45, 2.75) is 50.6 Å². The van der Waals surface area contributed by atoms with Gasteiger partial charge in [0.1, 0.15) is 18.2 Å². The van der Waals surface area contributed by atoms with Crippen LogP contribution in [0.25, 0.3) is 11.1 Å². The fourth-order valence-electron chi connectivity index (χ4n) is 4.42. The number of aliphatic carboxylic acids is 1. The predicted octanol–water partition coefficient (Wildman–Crippen LogP) is 4.41. The Morgan fingerprint density at radius 2 is 1.59 bits per heavy atom. The zero-order valence-corrected chi connectivity index (χ0v) is 20.6. The number of hydrogen-bond donors (Lipinski definition) is 3. The smallest absolute Gasteiger partial charge is 0.408 e. The van der Waals surface area contributed by atoms with Gasteiger partial charge in [-0.2, -0.15) is 11.8 Å². The average molecular weight is 485 g/mol. The summed E-state index contributed by atoms with van der Waals surface area (Å²) in [6.45, 7) is 3.70. The molecule has 2 aromatic rings. The zero-order chi connectivity index (χ0) is 24.7. The Balaban J connectivity index is 1.69. The number of rotatable bonds is 11. The maximum atomic E-state index is 13.1. The monoisotopic (exact) mass is 484 g/mol. The van der Waals surface area contributed by atoms with Crippen LogP contribution >= 0.6 is 11.8 Å². The van der Waals surface area contributed by atoms with Crippen molar-refractivity contribution in [3.63, 3.8) is 0 Å². The molecule has 0 fully saturated rings. The van der Waals surface area contributed by atoms with E-state index in [0.717, 1.165) is 22.3 Å². The van der Waals surface area contributed by atoms with E-state index in [-0.39, 0.29) is 12.5 Å². The Bertz CT molecular complexity index is 992. The topological polar surface area (TPSA) is 105 Å². The van der Waals surface area contributed by atoms with Crippen molar-refractivity contribution in [3.8, 4) is 11.1 Å². The first-order valence-electron chi connectivity index (χ1n) is 11.5. The minimum Gasteiger partial charge on any atom is -0.480 e. The number of benzene rings is 2. The second-order valence-electron chi connectivity index (χ2n) is 8.39. The van der Waals surface area contributed by atoms with E-state index < -0.39 is 29.6 Å². The van der Waals surface area contributed by atoms with E-state index in [0.29, 0.717) is 25.0 Å². The summed E-state index contributed by atoms with van der Waals surface area (Å²) in [5.74, 6) is -1.10. The van der Waals surface area contributed by atoms with E-state index in [4.69, 9.17) is 4.74 Å². The summed E-state index contributed by atoms with van der Waals surface area (Å²) in [5.41, 5.74) is 3.21. The van der Waals surface area contributed by atoms with E-state index in [1.165, 1.54) is 11.8 Å². The van der Waals surface area contributed by atoms with Crippen molar-refractivity contribution in [3.05, 3.63) is 59.7 Å². The molecule has 2 aromatic carbocycles. The van der Waals surface area contributed by atoms with E-state index >= 15 is 0 Å². The molecule has 7 nitrogen and oxygen atoms in total. The lowest BCUT2D eigenvalue weighted by Crippen LogP contribution is -2.60. The lowest BCUT2D eigenvalue weighted by Gasteiger charge is -2.32. The molecule has 2 amide bonds. The molecule has 0 aromatic heterocycles. The molecule has 8 heteroatoms. The second-order valence-corrected chi connectivity index (χ2v) is 9.37. The summed E-state index contributed by atoms with van der Waals surface area (Å²) in [7, 11) is 0. The first-order chi connectivity index (χ1) is 16.4. The first-order valence-corrected chi connectivity index (χ1v) is 12.9. The highest BCUT2D eigenvalue weighted by Gasteiger charge is 2.39. The van der Waals surface area contributed by atoms with Crippen LogP contribution in [0, 0.1) is 0 Å². The van der Waals surface area contributed by atoms with E-state index in [2.05, 4.69) is 22.8 Å². The van der Waals surface area contributed by atoms with E-state index in [1.54, 1.807) is 13.8 Å². The summed E-state index contributed by atoms with van der Waals surface area (Å²) in [6, 6.07) is 15.1. The van der Waals surface area contributed by atoms with Crippen molar-refractivity contribution in [1.29, 1.82) is 0 Å². The molecule has 182 valence electrons. The molecule has 3 rings (SSSR count). The third kappa shape index (κ3) is 5.38. The lowest BCUT2D eigenvalue weighted by atomic mass is 9.91. The molecule has 0 heterocycles. The van der Waals surface area contributed by atoms with Crippen LogP contribution in [0.3, 0.4) is 0 Å². The molecule has 0 saturated heterocycles. The summed E-state index contributed by atoms with van der Waals surface area (Å²) in [5, 5.41) is 14.8. The Kier molecular flexibility index (Phi) is 8.61. The van der Waals surface area contributed by atoms with Crippen LogP contribution in [0.15, 0.2) is 48.5 Å². The van der Waals surface area contributed by atoms with Gasteiger partial charge >= 0.3 is 12.1 Å². The van der Waals surface area contributed by atoms with Gasteiger partial charge in [-0.15, -0.1) is 0 Å². The highest BCUT2D eigenvalue weighted by atomic mass is 32.2. The maximum absolute atomic E-state index is 13.1. The SMILES string of the molecule is CCC(CC)(NC(=O)OCC1c2ccccc2-c2ccccc21)C(=O)N[C@@H](CCSC)C(=O)O. The largest absolute Gasteiger partial charge is 0.480 e. The molecule has 34 heavy (non-hydrogen) atoms. The number of fused-ring (bicyclic) bond motifs is 3. The number of alkyl carbamates (subject to hydrolysis) is 1. The highest BCUT2D eigenvalue weighted by Crippen LogP contribution is 2.44. The summed E-state index contributed by atoms with van der Waals surface area (Å²) >= 11 is 1.51. The third-order valence-corrected chi connectivity index (χ3v) is 7.18. The van der Waals surface area contributed by atoms with Crippen molar-refractivity contribution >= 4 is 29.7 Å². The number of nitrogens with one attached hydrogen (secondary N) is 2. The van der Waals surface area contributed by atoms with E-state index in [1.807, 2.05) is 42.7 Å². The molecule has 3 N–H and O–H groups in total. The normalized spacial score (nSPS) is 13.5. The number of amides is 2. The fourth-order valence-corrected chi connectivity index (χ4v) is 4.90. The van der Waals surface area contributed by atoms with Crippen LogP contribution in [-0.2, 0) is 14.3 Å². The van der Waals surface area contributed by atoms with Crippen LogP contribution in [0.2, 0.25) is 0 Å². The van der Waals surface area contributed by atoms with Crippen molar-refractivity contribution in [2.75, 3.05) is 18.6 Å². The molecule has 0 radical (unpaired) electrons. The summed E-state index contributed by atoms with van der Waals surface area (Å²) in [6.07, 6.45) is 2.08. The number of carboxylic acid groups (broad SMARTS) is 1. The van der Waals surface area contributed by atoms with Gasteiger partial charge in [-0.3, -0.25) is 4.79 Å². The molecule has 0 saturated carbocycles. The van der Waals surface area contributed by atoms with Gasteiger partial charge in [-0.25, -0.2) is 9.59 Å². The quantitative estimate of drug-likeness (QED) is 0.437. The van der Waals surface area contributed by atoms with Crippen LogP contribution in [0.5, 0.6) is 0 Å². The number of hydrogen-bond acceptors (Lipinski definition) is 5. The molecule has 1 atom stereocenters. The number of carbonyl (C=O) groups is 3. The second kappa shape index (κ2) is 11.4. The summed E-state index contributed by atoms with van der Waals surface area (Å²) in [4.78, 5) is 37.5. The van der Waals surface area contributed by atoms with Gasteiger partial charge < -0.3 is 20.5 Å². The number of ether oxygens (including phenoxy) is 1. The molecule has 0 spiro atoms. The zero-order valence-electron chi connectivity index (χ0n) is 19.8. The molecule has 1 aliphatic carbocycles. The highest BCUT2D eigenvalue weighted by molar-refractivity contribution is 7.98. The van der Waals surface area contributed by atoms with Gasteiger partial charge in [0.25, 0.3) is 0 Å². The average Bonchev–Trinajstić information content (AvgIpc) is 3.17. The van der Waals surface area contributed by atoms with E-state index in [9.17, 15) is 19.5 Å². The number of carbonyl (C=O) groups excluding carboxylic acids is 2. The predicted molar refractivity (Wildman–Crippen MR) is 134 cm³/mol. The van der Waals surface area contributed by atoms with Crippen molar-refractivity contribution in [1.82, 2.24) is 10.6 Å². The Morgan fingerprint density at radius 3 is 2.09 bits per heavy atom. The Labute approximate surface area is 204 Å². The van der Waals surface area contributed by atoms with Crippen LogP contribution in [0.4, 0.5) is 4.79 Å². The van der Waals surface area contributed by atoms with Crippen LogP contribution < -0.4 is 10.6 Å². The van der Waals surface area contributed by atoms with Crippen molar-refractivity contribution in [2.24, 2.45) is 0 Å². The fraction of sp³-hybridized carbons (Fsp3) is 0.423. The number of carboxylic acids is 1.